The van der Waals surface area contributed by atoms with Gasteiger partial charge in [-0.05, 0) is 24.6 Å². The maximum absolute atomic E-state index is 12.3. The molecule has 0 fully saturated rings. The number of carbonyl (C=O) groups is 1. The lowest BCUT2D eigenvalue weighted by Gasteiger charge is -2.14. The van der Waals surface area contributed by atoms with Gasteiger partial charge in [-0.3, -0.25) is 4.79 Å². The molecule has 1 unspecified atom stereocenters. The van der Waals surface area contributed by atoms with Gasteiger partial charge in [0.25, 0.3) is 5.91 Å². The summed E-state index contributed by atoms with van der Waals surface area (Å²) < 4.78 is 0. The second kappa shape index (κ2) is 8.17. The summed E-state index contributed by atoms with van der Waals surface area (Å²) in [7, 11) is 0. The molecule has 0 bridgehead atoms. The molecule has 1 atom stereocenters. The average molecular weight is 387 g/mol. The quantitative estimate of drug-likeness (QED) is 0.631. The fourth-order valence-corrected chi connectivity index (χ4v) is 2.85. The van der Waals surface area contributed by atoms with Crippen LogP contribution < -0.4 is 10.6 Å². The molecule has 0 saturated carbocycles. The zero-order valence-corrected chi connectivity index (χ0v) is 15.4. The minimum absolute atomic E-state index is 0.0621. The van der Waals surface area contributed by atoms with Crippen molar-refractivity contribution in [3.63, 3.8) is 0 Å². The second-order valence-electron chi connectivity index (χ2n) is 5.61. The van der Waals surface area contributed by atoms with Gasteiger partial charge >= 0.3 is 0 Å². The summed E-state index contributed by atoms with van der Waals surface area (Å²) in [5.41, 5.74) is 1.64. The highest BCUT2D eigenvalue weighted by atomic mass is 35.5. The van der Waals surface area contributed by atoms with E-state index in [1.54, 1.807) is 18.2 Å². The van der Waals surface area contributed by atoms with E-state index in [4.69, 9.17) is 23.2 Å². The third-order valence-electron chi connectivity index (χ3n) is 3.75. The topological polar surface area (TPSA) is 66.9 Å². The van der Waals surface area contributed by atoms with Crippen molar-refractivity contribution in [1.29, 1.82) is 0 Å². The smallest absolute Gasteiger partial charge is 0.275 e. The van der Waals surface area contributed by atoms with Crippen molar-refractivity contribution in [2.24, 2.45) is 0 Å². The lowest BCUT2D eigenvalue weighted by atomic mass is 10.1. The summed E-state index contributed by atoms with van der Waals surface area (Å²) in [6, 6.07) is 15.0. The van der Waals surface area contributed by atoms with E-state index in [9.17, 15) is 4.79 Å². The number of carbonyl (C=O) groups excluding carboxylic acids is 1. The molecule has 2 N–H and O–H groups in total. The van der Waals surface area contributed by atoms with E-state index >= 15 is 0 Å². The van der Waals surface area contributed by atoms with Crippen LogP contribution in [0.2, 0.25) is 10.0 Å². The summed E-state index contributed by atoms with van der Waals surface area (Å²) in [6.45, 7) is 2.02. The Bertz CT molecular complexity index is 881. The number of benzene rings is 2. The molecule has 26 heavy (non-hydrogen) atoms. The second-order valence-corrected chi connectivity index (χ2v) is 6.43. The van der Waals surface area contributed by atoms with Crippen LogP contribution in [0.3, 0.4) is 0 Å². The van der Waals surface area contributed by atoms with Gasteiger partial charge in [0, 0.05) is 6.04 Å². The molecular formula is C19H16Cl2N4O. The minimum Gasteiger partial charge on any atom is -0.362 e. The van der Waals surface area contributed by atoms with Gasteiger partial charge in [-0.25, -0.2) is 9.97 Å². The van der Waals surface area contributed by atoms with Crippen molar-refractivity contribution in [2.45, 2.75) is 13.0 Å². The summed E-state index contributed by atoms with van der Waals surface area (Å²) in [6.07, 6.45) is 2.92. The van der Waals surface area contributed by atoms with E-state index in [1.807, 2.05) is 37.3 Å². The number of rotatable bonds is 5. The van der Waals surface area contributed by atoms with Crippen LogP contribution in [-0.2, 0) is 0 Å². The van der Waals surface area contributed by atoms with Crippen LogP contribution >= 0.6 is 23.2 Å². The number of para-hydroxylation sites is 1. The number of hydrogen-bond acceptors (Lipinski definition) is 4. The Morgan fingerprint density at radius 3 is 2.27 bits per heavy atom. The molecule has 3 aromatic rings. The normalized spacial score (nSPS) is 11.7. The zero-order valence-electron chi connectivity index (χ0n) is 13.9. The molecule has 0 radical (unpaired) electrons. The average Bonchev–Trinajstić information content (AvgIpc) is 2.66. The SMILES string of the molecule is CC(Nc1cnc(C(=O)Nc2c(Cl)cccc2Cl)cn1)c1ccccc1. The van der Waals surface area contributed by atoms with Gasteiger partial charge in [-0.2, -0.15) is 0 Å². The van der Waals surface area contributed by atoms with E-state index in [0.29, 0.717) is 21.6 Å². The van der Waals surface area contributed by atoms with Crippen LogP contribution in [0.15, 0.2) is 60.9 Å². The molecule has 1 amide bonds. The number of amides is 1. The Hall–Kier alpha value is -2.63. The summed E-state index contributed by atoms with van der Waals surface area (Å²) >= 11 is 12.1. The van der Waals surface area contributed by atoms with Gasteiger partial charge < -0.3 is 10.6 Å². The highest BCUT2D eigenvalue weighted by Crippen LogP contribution is 2.30. The van der Waals surface area contributed by atoms with Gasteiger partial charge in [-0.15, -0.1) is 0 Å². The molecule has 0 aliphatic carbocycles. The largest absolute Gasteiger partial charge is 0.362 e. The maximum Gasteiger partial charge on any atom is 0.275 e. The summed E-state index contributed by atoms with van der Waals surface area (Å²) in [4.78, 5) is 20.7. The standard InChI is InChI=1S/C19H16Cl2N4O/c1-12(13-6-3-2-4-7-13)24-17-11-22-16(10-23-17)19(26)25-18-14(20)8-5-9-15(18)21/h2-12H,1H3,(H,23,24)(H,25,26). The molecule has 0 spiro atoms. The molecule has 0 aliphatic rings. The van der Waals surface area contributed by atoms with E-state index in [1.165, 1.54) is 12.4 Å². The first kappa shape index (κ1) is 18.2. The molecular weight excluding hydrogens is 371 g/mol. The fourth-order valence-electron chi connectivity index (χ4n) is 2.36. The number of aromatic nitrogens is 2. The third kappa shape index (κ3) is 4.31. The Balaban J connectivity index is 1.68. The van der Waals surface area contributed by atoms with Gasteiger partial charge in [-0.1, -0.05) is 59.6 Å². The van der Waals surface area contributed by atoms with Gasteiger partial charge in [0.1, 0.15) is 11.5 Å². The number of halogens is 2. The first-order chi connectivity index (χ1) is 12.5. The van der Waals surface area contributed by atoms with Crippen LogP contribution in [0.4, 0.5) is 11.5 Å². The van der Waals surface area contributed by atoms with Crippen molar-refractivity contribution in [3.8, 4) is 0 Å². The summed E-state index contributed by atoms with van der Waals surface area (Å²) in [5.74, 6) is 0.142. The Morgan fingerprint density at radius 2 is 1.65 bits per heavy atom. The van der Waals surface area contributed by atoms with Crippen molar-refractivity contribution in [2.75, 3.05) is 10.6 Å². The Morgan fingerprint density at radius 1 is 0.962 bits per heavy atom. The molecule has 5 nitrogen and oxygen atoms in total. The number of nitrogens with zero attached hydrogens (tertiary/aromatic N) is 2. The first-order valence-corrected chi connectivity index (χ1v) is 8.69. The van der Waals surface area contributed by atoms with E-state index in [0.717, 1.165) is 5.56 Å². The lowest BCUT2D eigenvalue weighted by molar-refractivity contribution is 0.102. The van der Waals surface area contributed by atoms with Crippen molar-refractivity contribution in [3.05, 3.63) is 82.2 Å². The number of anilines is 2. The van der Waals surface area contributed by atoms with E-state index in [2.05, 4.69) is 20.6 Å². The predicted octanol–water partition coefficient (Wildman–Crippen LogP) is 5.21. The molecule has 0 saturated heterocycles. The Labute approximate surface area is 161 Å². The molecule has 1 heterocycles. The first-order valence-electron chi connectivity index (χ1n) is 7.93. The van der Waals surface area contributed by atoms with E-state index in [-0.39, 0.29) is 11.7 Å². The van der Waals surface area contributed by atoms with Crippen molar-refractivity contribution in [1.82, 2.24) is 9.97 Å². The monoisotopic (exact) mass is 386 g/mol. The van der Waals surface area contributed by atoms with Gasteiger partial charge in [0.05, 0.1) is 28.1 Å². The predicted molar refractivity (Wildman–Crippen MR) is 105 cm³/mol. The fraction of sp³-hybridized carbons (Fsp3) is 0.105. The van der Waals surface area contributed by atoms with Crippen LogP contribution in [0.25, 0.3) is 0 Å². The Kier molecular flexibility index (Phi) is 5.71. The zero-order chi connectivity index (χ0) is 18.5. The van der Waals surface area contributed by atoms with Crippen LogP contribution in [0.5, 0.6) is 0 Å². The third-order valence-corrected chi connectivity index (χ3v) is 4.38. The highest BCUT2D eigenvalue weighted by Gasteiger charge is 2.13. The van der Waals surface area contributed by atoms with Crippen molar-refractivity contribution < 1.29 is 4.79 Å². The van der Waals surface area contributed by atoms with Crippen molar-refractivity contribution >= 4 is 40.6 Å². The molecule has 1 aromatic heterocycles. The number of nitrogens with one attached hydrogen (secondary N) is 2. The molecule has 132 valence electrons. The van der Waals surface area contributed by atoms with Crippen LogP contribution in [0.1, 0.15) is 29.0 Å². The molecule has 0 aliphatic heterocycles. The maximum atomic E-state index is 12.3. The molecule has 7 heteroatoms. The highest BCUT2D eigenvalue weighted by molar-refractivity contribution is 6.39. The molecule has 3 rings (SSSR count). The van der Waals surface area contributed by atoms with Gasteiger partial charge in [0.2, 0.25) is 0 Å². The van der Waals surface area contributed by atoms with E-state index < -0.39 is 5.91 Å². The van der Waals surface area contributed by atoms with Crippen LogP contribution in [0, 0.1) is 0 Å². The van der Waals surface area contributed by atoms with Gasteiger partial charge in [0.15, 0.2) is 0 Å². The lowest BCUT2D eigenvalue weighted by Crippen LogP contribution is -2.15. The summed E-state index contributed by atoms with van der Waals surface area (Å²) in [5, 5.41) is 6.61. The minimum atomic E-state index is -0.435. The number of hydrogen-bond donors (Lipinski definition) is 2. The molecule has 2 aromatic carbocycles. The van der Waals surface area contributed by atoms with Crippen LogP contribution in [-0.4, -0.2) is 15.9 Å².